The highest BCUT2D eigenvalue weighted by molar-refractivity contribution is 4.81. The summed E-state index contributed by atoms with van der Waals surface area (Å²) < 4.78 is 0. The maximum Gasteiger partial charge on any atom is -0.0351 e. The van der Waals surface area contributed by atoms with E-state index in [2.05, 4.69) is 26.0 Å². The van der Waals surface area contributed by atoms with Gasteiger partial charge in [0.15, 0.2) is 0 Å². The molecule has 0 N–H and O–H groups in total. The van der Waals surface area contributed by atoms with Crippen LogP contribution in [-0.2, 0) is 0 Å². The van der Waals surface area contributed by atoms with Gasteiger partial charge in [0, 0.05) is 0 Å². The Kier molecular flexibility index (Phi) is 22.5. The minimum absolute atomic E-state index is 1.11. The van der Waals surface area contributed by atoms with Gasteiger partial charge in [-0.2, -0.15) is 0 Å². The Morgan fingerprint density at radius 1 is 0.333 bits per heavy atom. The normalized spacial score (nSPS) is 11.6. The van der Waals surface area contributed by atoms with Crippen molar-refractivity contribution in [2.24, 2.45) is 0 Å². The maximum absolute atomic E-state index is 3.90. The van der Waals surface area contributed by atoms with Crippen molar-refractivity contribution < 1.29 is 0 Å². The van der Waals surface area contributed by atoms with Gasteiger partial charge in [0.05, 0.1) is 0 Å². The smallest absolute Gasteiger partial charge is 0.0351 e. The van der Waals surface area contributed by atoms with E-state index in [-0.39, 0.29) is 0 Å². The molecule has 0 saturated heterocycles. The lowest BCUT2D eigenvalue weighted by molar-refractivity contribution is 0.553. The van der Waals surface area contributed by atoms with Gasteiger partial charge in [0.25, 0.3) is 0 Å². The van der Waals surface area contributed by atoms with Crippen LogP contribution >= 0.6 is 0 Å². The van der Waals surface area contributed by atoms with E-state index < -0.39 is 0 Å². The van der Waals surface area contributed by atoms with Gasteiger partial charge in [0.2, 0.25) is 0 Å². The molecule has 0 aliphatic rings. The first-order chi connectivity index (χ1) is 11.9. The predicted molar refractivity (Wildman–Crippen MR) is 112 cm³/mol. The highest BCUT2D eigenvalue weighted by Crippen LogP contribution is 2.12. The number of allylic oxidation sites excluding steroid dienone is 2. The molecule has 0 bridgehead atoms. The number of hydrogen-bond donors (Lipinski definition) is 0. The summed E-state index contributed by atoms with van der Waals surface area (Å²) in [6, 6.07) is 0. The van der Waals surface area contributed by atoms with Gasteiger partial charge in [-0.15, -0.1) is 0 Å². The van der Waals surface area contributed by atoms with Crippen LogP contribution in [0.25, 0.3) is 0 Å². The fourth-order valence-electron chi connectivity index (χ4n) is 3.23. The molecule has 0 nitrogen and oxygen atoms in total. The summed E-state index contributed by atoms with van der Waals surface area (Å²) in [5.74, 6) is 0. The summed E-state index contributed by atoms with van der Waals surface area (Å²) >= 11 is 0. The average molecular weight is 335 g/mol. The predicted octanol–water partition coefficient (Wildman–Crippen LogP) is 9.01. The third-order valence-electron chi connectivity index (χ3n) is 4.91. The second kappa shape index (κ2) is 22.7. The average Bonchev–Trinajstić information content (AvgIpc) is 2.60. The highest BCUT2D eigenvalue weighted by Gasteiger charge is 1.93. The van der Waals surface area contributed by atoms with Gasteiger partial charge in [0.1, 0.15) is 0 Å². The van der Waals surface area contributed by atoms with Crippen LogP contribution in [0.4, 0.5) is 0 Å². The first kappa shape index (κ1) is 23.7. The van der Waals surface area contributed by atoms with Crippen molar-refractivity contribution in [2.45, 2.75) is 128 Å². The molecule has 0 aromatic rings. The zero-order valence-electron chi connectivity index (χ0n) is 16.7. The molecule has 0 aromatic carbocycles. The van der Waals surface area contributed by atoms with E-state index in [1.54, 1.807) is 0 Å². The van der Waals surface area contributed by atoms with E-state index in [9.17, 15) is 0 Å². The fourth-order valence-corrected chi connectivity index (χ4v) is 3.23. The quantitative estimate of drug-likeness (QED) is 0.154. The van der Waals surface area contributed by atoms with Gasteiger partial charge in [-0.1, -0.05) is 129 Å². The van der Waals surface area contributed by atoms with Crippen molar-refractivity contribution in [1.82, 2.24) is 0 Å². The van der Waals surface area contributed by atoms with Crippen molar-refractivity contribution in [3.63, 3.8) is 0 Å². The molecule has 0 unspecified atom stereocenters. The monoisotopic (exact) mass is 334 g/mol. The molecule has 142 valence electrons. The molecule has 0 aliphatic carbocycles. The number of unbranched alkanes of at least 4 members (excludes halogenated alkanes) is 18. The van der Waals surface area contributed by atoms with Gasteiger partial charge >= 0.3 is 0 Å². The molecule has 0 atom stereocenters. The van der Waals surface area contributed by atoms with Crippen LogP contribution in [0.15, 0.2) is 12.2 Å². The van der Waals surface area contributed by atoms with Crippen LogP contribution in [0.1, 0.15) is 128 Å². The van der Waals surface area contributed by atoms with Crippen LogP contribution in [0.5, 0.6) is 0 Å². The summed E-state index contributed by atoms with van der Waals surface area (Å²) in [7, 11) is 0. The van der Waals surface area contributed by atoms with Crippen molar-refractivity contribution in [3.8, 4) is 0 Å². The second-order valence-electron chi connectivity index (χ2n) is 7.41. The van der Waals surface area contributed by atoms with Gasteiger partial charge in [-0.3, -0.25) is 0 Å². The molecule has 0 heteroatoms. The summed E-state index contributed by atoms with van der Waals surface area (Å²) in [5.41, 5.74) is 0. The van der Waals surface area contributed by atoms with E-state index in [1.807, 2.05) is 0 Å². The highest BCUT2D eigenvalue weighted by atomic mass is 14.0. The van der Waals surface area contributed by atoms with E-state index >= 15 is 0 Å². The van der Waals surface area contributed by atoms with E-state index in [4.69, 9.17) is 0 Å². The molecule has 0 rings (SSSR count). The fraction of sp³-hybridized carbons (Fsp3) is 0.833. The van der Waals surface area contributed by atoms with Gasteiger partial charge in [-0.25, -0.2) is 0 Å². The van der Waals surface area contributed by atoms with Crippen molar-refractivity contribution in [2.75, 3.05) is 0 Å². The molecule has 0 heterocycles. The summed E-state index contributed by atoms with van der Waals surface area (Å²) in [5, 5.41) is 0. The zero-order chi connectivity index (χ0) is 17.6. The van der Waals surface area contributed by atoms with E-state index in [1.165, 1.54) is 116 Å². The second-order valence-corrected chi connectivity index (χ2v) is 7.41. The van der Waals surface area contributed by atoms with Crippen LogP contribution < -0.4 is 0 Å². The van der Waals surface area contributed by atoms with Crippen LogP contribution in [0.3, 0.4) is 0 Å². The topological polar surface area (TPSA) is 0 Å². The zero-order valence-corrected chi connectivity index (χ0v) is 16.7. The Balaban J connectivity index is 3.03. The molecular formula is C24H46. The van der Waals surface area contributed by atoms with Crippen molar-refractivity contribution in [1.29, 1.82) is 0 Å². The molecule has 2 radical (unpaired) electrons. The molecule has 0 aliphatic heterocycles. The molecule has 0 aromatic heterocycles. The lowest BCUT2D eigenvalue weighted by atomic mass is 10.0. The molecule has 0 spiro atoms. The van der Waals surface area contributed by atoms with E-state index in [0.717, 1.165) is 12.8 Å². The third-order valence-corrected chi connectivity index (χ3v) is 4.91. The standard InChI is InChI=1S/C24H46/c1-3-5-7-9-11-13-15-17-19-21-23-24-22-20-18-16-14-12-10-8-6-4-2/h19,21H,1-18,20,22-24H2. The summed E-state index contributed by atoms with van der Waals surface area (Å²) in [6.07, 6.45) is 32.2. The van der Waals surface area contributed by atoms with Gasteiger partial charge in [-0.05, 0) is 25.7 Å². The summed E-state index contributed by atoms with van der Waals surface area (Å²) in [4.78, 5) is 0. The minimum atomic E-state index is 1.11. The van der Waals surface area contributed by atoms with Gasteiger partial charge < -0.3 is 0 Å². The summed E-state index contributed by atoms with van der Waals surface area (Å²) in [6.45, 7) is 7.79. The lowest BCUT2D eigenvalue weighted by Crippen LogP contribution is -1.82. The number of hydrogen-bond acceptors (Lipinski definition) is 0. The molecule has 0 amide bonds. The largest absolute Gasteiger partial charge is 0.0885 e. The molecular weight excluding hydrogens is 288 g/mol. The van der Waals surface area contributed by atoms with Crippen LogP contribution in [0.2, 0.25) is 0 Å². The van der Waals surface area contributed by atoms with Crippen LogP contribution in [-0.4, -0.2) is 0 Å². The Morgan fingerprint density at radius 3 is 0.875 bits per heavy atom. The maximum atomic E-state index is 3.90. The molecule has 0 saturated carbocycles. The first-order valence-electron chi connectivity index (χ1n) is 11.1. The third kappa shape index (κ3) is 21.7. The Labute approximate surface area is 154 Å². The van der Waals surface area contributed by atoms with Crippen LogP contribution in [0, 0.1) is 13.8 Å². The molecule has 0 fully saturated rings. The van der Waals surface area contributed by atoms with Crippen molar-refractivity contribution >= 4 is 0 Å². The minimum Gasteiger partial charge on any atom is -0.0885 e. The van der Waals surface area contributed by atoms with Crippen molar-refractivity contribution in [3.05, 3.63) is 26.0 Å². The Morgan fingerprint density at radius 2 is 0.583 bits per heavy atom. The SMILES string of the molecule is [CH2]CCCCCCCCC=CCCCCCCCCCCCC[CH2]. The van der Waals surface area contributed by atoms with E-state index in [0.29, 0.717) is 0 Å². The Hall–Kier alpha value is -0.260. The number of rotatable bonds is 20. The first-order valence-corrected chi connectivity index (χ1v) is 11.1. The lowest BCUT2D eigenvalue weighted by Gasteiger charge is -2.01. The Bertz CT molecular complexity index is 228. The molecule has 24 heavy (non-hydrogen) atoms.